The average molecular weight is 371 g/mol. The van der Waals surface area contributed by atoms with E-state index in [-0.39, 0.29) is 16.9 Å². The average Bonchev–Trinajstić information content (AvgIpc) is 2.96. The van der Waals surface area contributed by atoms with Gasteiger partial charge in [-0.25, -0.2) is 4.39 Å². The van der Waals surface area contributed by atoms with Gasteiger partial charge in [0.1, 0.15) is 5.82 Å². The molecular weight excluding hydrogens is 347 g/mol. The van der Waals surface area contributed by atoms with Gasteiger partial charge in [-0.1, -0.05) is 17.7 Å². The third kappa shape index (κ3) is 3.98. The number of aliphatic imine (C=N–C) groups is 1. The van der Waals surface area contributed by atoms with Crippen molar-refractivity contribution in [1.29, 1.82) is 0 Å². The van der Waals surface area contributed by atoms with Crippen molar-refractivity contribution >= 4 is 29.3 Å². The van der Waals surface area contributed by atoms with Gasteiger partial charge in [0.25, 0.3) is 0 Å². The molecule has 0 saturated carbocycles. The van der Waals surface area contributed by atoms with Crippen LogP contribution in [0.4, 0.5) is 4.39 Å². The lowest BCUT2D eigenvalue weighted by molar-refractivity contribution is 0.278. The Morgan fingerprint density at radius 3 is 2.83 bits per heavy atom. The van der Waals surface area contributed by atoms with Crippen molar-refractivity contribution in [3.8, 4) is 0 Å². The van der Waals surface area contributed by atoms with Crippen LogP contribution in [0.5, 0.6) is 0 Å². The SMILES string of the molecule is CN1CCC(CN=C(N)N2CCSCC2)C1c1ccc(Cl)c(F)c1. The number of benzene rings is 1. The topological polar surface area (TPSA) is 44.9 Å². The van der Waals surface area contributed by atoms with Crippen LogP contribution in [0.2, 0.25) is 5.02 Å². The number of hydrogen-bond acceptors (Lipinski definition) is 3. The molecule has 2 aliphatic rings. The van der Waals surface area contributed by atoms with Gasteiger partial charge in [-0.05, 0) is 43.6 Å². The number of guanidine groups is 1. The van der Waals surface area contributed by atoms with E-state index in [4.69, 9.17) is 17.3 Å². The summed E-state index contributed by atoms with van der Waals surface area (Å²) in [6, 6.07) is 5.26. The maximum absolute atomic E-state index is 13.8. The van der Waals surface area contributed by atoms with Crippen LogP contribution in [0.25, 0.3) is 0 Å². The summed E-state index contributed by atoms with van der Waals surface area (Å²) in [7, 11) is 2.08. The highest BCUT2D eigenvalue weighted by molar-refractivity contribution is 7.99. The largest absolute Gasteiger partial charge is 0.370 e. The van der Waals surface area contributed by atoms with Gasteiger partial charge in [0.05, 0.1) is 5.02 Å². The van der Waals surface area contributed by atoms with Crippen LogP contribution in [-0.2, 0) is 0 Å². The standard InChI is InChI=1S/C17H24ClFN4S/c1-22-5-4-13(11-21-17(20)23-6-8-24-9-7-23)16(22)12-2-3-14(18)15(19)10-12/h2-3,10,13,16H,4-9,11H2,1H3,(H2,20,21). The predicted molar refractivity (Wildman–Crippen MR) is 100 cm³/mol. The van der Waals surface area contributed by atoms with Crippen LogP contribution in [0.3, 0.4) is 0 Å². The summed E-state index contributed by atoms with van der Waals surface area (Å²) in [5.41, 5.74) is 7.13. The summed E-state index contributed by atoms with van der Waals surface area (Å²) in [5, 5.41) is 0.168. The molecule has 2 saturated heterocycles. The van der Waals surface area contributed by atoms with Gasteiger partial charge in [0, 0.05) is 37.2 Å². The first kappa shape index (κ1) is 17.8. The highest BCUT2D eigenvalue weighted by atomic mass is 35.5. The van der Waals surface area contributed by atoms with Gasteiger partial charge in [0.15, 0.2) is 5.96 Å². The van der Waals surface area contributed by atoms with Crippen LogP contribution < -0.4 is 5.73 Å². The molecule has 2 N–H and O–H groups in total. The molecule has 24 heavy (non-hydrogen) atoms. The summed E-state index contributed by atoms with van der Waals surface area (Å²) < 4.78 is 13.8. The monoisotopic (exact) mass is 370 g/mol. The Hall–Kier alpha value is -0.980. The summed E-state index contributed by atoms with van der Waals surface area (Å²) in [6.07, 6.45) is 1.04. The number of nitrogens with two attached hydrogens (primary N) is 1. The molecule has 0 spiro atoms. The summed E-state index contributed by atoms with van der Waals surface area (Å²) in [6.45, 7) is 3.59. The van der Waals surface area contributed by atoms with E-state index in [0.717, 1.165) is 43.1 Å². The molecule has 2 heterocycles. The van der Waals surface area contributed by atoms with Crippen molar-refractivity contribution in [1.82, 2.24) is 9.80 Å². The Kier molecular flexibility index (Phi) is 5.89. The van der Waals surface area contributed by atoms with Gasteiger partial charge >= 0.3 is 0 Å². The fourth-order valence-electron chi connectivity index (χ4n) is 3.54. The molecule has 4 nitrogen and oxygen atoms in total. The second-order valence-corrected chi connectivity index (χ2v) is 8.08. The molecule has 7 heteroatoms. The zero-order chi connectivity index (χ0) is 17.1. The third-order valence-corrected chi connectivity index (χ3v) is 6.13. The van der Waals surface area contributed by atoms with Crippen LogP contribution in [0, 0.1) is 11.7 Å². The molecule has 2 fully saturated rings. The van der Waals surface area contributed by atoms with E-state index in [1.54, 1.807) is 12.1 Å². The van der Waals surface area contributed by atoms with Crippen LogP contribution in [0.15, 0.2) is 23.2 Å². The zero-order valence-corrected chi connectivity index (χ0v) is 15.5. The van der Waals surface area contributed by atoms with E-state index < -0.39 is 0 Å². The second kappa shape index (κ2) is 7.93. The van der Waals surface area contributed by atoms with Gasteiger partial charge in [-0.3, -0.25) is 9.89 Å². The molecule has 3 rings (SSSR count). The molecule has 0 radical (unpaired) electrons. The maximum Gasteiger partial charge on any atom is 0.191 e. The van der Waals surface area contributed by atoms with Gasteiger partial charge in [-0.15, -0.1) is 0 Å². The molecule has 1 aromatic carbocycles. The third-order valence-electron chi connectivity index (χ3n) is 4.88. The van der Waals surface area contributed by atoms with Gasteiger partial charge < -0.3 is 10.6 Å². The van der Waals surface area contributed by atoms with Crippen molar-refractivity contribution < 1.29 is 4.39 Å². The van der Waals surface area contributed by atoms with Crippen molar-refractivity contribution in [2.75, 3.05) is 44.7 Å². The minimum Gasteiger partial charge on any atom is -0.370 e. The predicted octanol–water partition coefficient (Wildman–Crippen LogP) is 2.84. The Morgan fingerprint density at radius 1 is 1.38 bits per heavy atom. The Morgan fingerprint density at radius 2 is 2.12 bits per heavy atom. The fraction of sp³-hybridized carbons (Fsp3) is 0.588. The summed E-state index contributed by atoms with van der Waals surface area (Å²) in [4.78, 5) is 9.06. The normalized spacial score (nSPS) is 26.1. The molecule has 0 amide bonds. The highest BCUT2D eigenvalue weighted by Crippen LogP contribution is 2.37. The number of nitrogens with zero attached hydrogens (tertiary/aromatic N) is 3. The number of thioether (sulfide) groups is 1. The molecule has 132 valence electrons. The van der Waals surface area contributed by atoms with Gasteiger partial charge in [-0.2, -0.15) is 11.8 Å². The Balaban J connectivity index is 1.70. The van der Waals surface area contributed by atoms with Crippen molar-refractivity contribution in [2.24, 2.45) is 16.6 Å². The van der Waals surface area contributed by atoms with E-state index in [0.29, 0.717) is 18.4 Å². The molecular formula is C17H24ClFN4S. The first-order valence-electron chi connectivity index (χ1n) is 8.34. The minimum atomic E-state index is -0.359. The molecule has 0 aliphatic carbocycles. The lowest BCUT2D eigenvalue weighted by Gasteiger charge is -2.28. The van der Waals surface area contributed by atoms with Crippen molar-refractivity contribution in [3.05, 3.63) is 34.6 Å². The van der Waals surface area contributed by atoms with E-state index >= 15 is 0 Å². The van der Waals surface area contributed by atoms with Crippen LogP contribution in [0.1, 0.15) is 18.0 Å². The summed E-state index contributed by atoms with van der Waals surface area (Å²) in [5.74, 6) is 2.84. The van der Waals surface area contributed by atoms with E-state index in [9.17, 15) is 4.39 Å². The minimum absolute atomic E-state index is 0.158. The van der Waals surface area contributed by atoms with Crippen LogP contribution in [-0.4, -0.2) is 60.5 Å². The first-order valence-corrected chi connectivity index (χ1v) is 9.87. The smallest absolute Gasteiger partial charge is 0.191 e. The Labute approximate surface area is 152 Å². The summed E-state index contributed by atoms with van der Waals surface area (Å²) >= 11 is 7.77. The molecule has 0 bridgehead atoms. The lowest BCUT2D eigenvalue weighted by atomic mass is 9.94. The molecule has 2 atom stereocenters. The van der Waals surface area contributed by atoms with E-state index in [2.05, 4.69) is 21.8 Å². The molecule has 0 aromatic heterocycles. The fourth-order valence-corrected chi connectivity index (χ4v) is 4.56. The lowest BCUT2D eigenvalue weighted by Crippen LogP contribution is -2.43. The Bertz CT molecular complexity index is 606. The molecule has 2 unspecified atom stereocenters. The number of halogens is 2. The number of rotatable bonds is 3. The zero-order valence-electron chi connectivity index (χ0n) is 13.9. The van der Waals surface area contributed by atoms with E-state index in [1.165, 1.54) is 0 Å². The second-order valence-electron chi connectivity index (χ2n) is 6.45. The van der Waals surface area contributed by atoms with E-state index in [1.807, 2.05) is 17.8 Å². The molecule has 1 aromatic rings. The first-order chi connectivity index (χ1) is 11.6. The van der Waals surface area contributed by atoms with Crippen LogP contribution >= 0.6 is 23.4 Å². The number of likely N-dealkylation sites (tertiary alicyclic amines) is 1. The van der Waals surface area contributed by atoms with Crippen molar-refractivity contribution in [3.63, 3.8) is 0 Å². The highest BCUT2D eigenvalue weighted by Gasteiger charge is 2.33. The van der Waals surface area contributed by atoms with Gasteiger partial charge in [0.2, 0.25) is 0 Å². The van der Waals surface area contributed by atoms with Crippen molar-refractivity contribution in [2.45, 2.75) is 12.5 Å². The maximum atomic E-state index is 13.8. The quantitative estimate of drug-likeness (QED) is 0.656. The molecule has 2 aliphatic heterocycles. The number of hydrogen-bond donors (Lipinski definition) is 1.